The van der Waals surface area contributed by atoms with Crippen molar-refractivity contribution in [3.63, 3.8) is 0 Å². The lowest BCUT2D eigenvalue weighted by Crippen LogP contribution is -2.44. The zero-order valence-electron chi connectivity index (χ0n) is 19.6. The molecule has 0 spiro atoms. The zero-order valence-corrected chi connectivity index (χ0v) is 19.6. The summed E-state index contributed by atoms with van der Waals surface area (Å²) >= 11 is 0. The van der Waals surface area contributed by atoms with Crippen molar-refractivity contribution in [2.45, 2.75) is 25.7 Å². The van der Waals surface area contributed by atoms with Crippen LogP contribution in [-0.2, 0) is 18.9 Å². The van der Waals surface area contributed by atoms with Gasteiger partial charge in [-0.15, -0.1) is 0 Å². The van der Waals surface area contributed by atoms with Gasteiger partial charge < -0.3 is 20.9 Å². The molecule has 1 amide bonds. The number of hydrogen-bond acceptors (Lipinski definition) is 7. The van der Waals surface area contributed by atoms with Gasteiger partial charge in [-0.05, 0) is 48.7 Å². The van der Waals surface area contributed by atoms with E-state index in [-0.39, 0.29) is 5.41 Å². The predicted molar refractivity (Wildman–Crippen MR) is 129 cm³/mol. The fourth-order valence-electron chi connectivity index (χ4n) is 4.92. The maximum absolute atomic E-state index is 12.0. The molecule has 3 heterocycles. The van der Waals surface area contributed by atoms with Gasteiger partial charge in [-0.2, -0.15) is 5.10 Å². The maximum Gasteiger partial charge on any atom is 0.269 e. The molecule has 0 bridgehead atoms. The molecule has 1 fully saturated rings. The summed E-state index contributed by atoms with van der Waals surface area (Å²) in [5, 5.41) is 7.73. The Bertz CT molecular complexity index is 1210. The van der Waals surface area contributed by atoms with E-state index in [1.165, 1.54) is 5.69 Å². The van der Waals surface area contributed by atoms with Gasteiger partial charge in [-0.3, -0.25) is 9.48 Å². The zero-order chi connectivity index (χ0) is 23.3. The van der Waals surface area contributed by atoms with Crippen LogP contribution in [0.4, 0.5) is 17.3 Å². The molecule has 1 aliphatic carbocycles. The number of carbonyl (C=O) groups excluding carboxylic acids is 1. The van der Waals surface area contributed by atoms with E-state index in [0.717, 1.165) is 54.4 Å². The lowest BCUT2D eigenvalue weighted by atomic mass is 9.73. The number of nitrogens with zero attached hydrogens (tertiary/aromatic N) is 6. The lowest BCUT2D eigenvalue weighted by molar-refractivity contribution is 0.0992. The number of primary amides is 1. The highest BCUT2D eigenvalue weighted by Crippen LogP contribution is 2.43. The summed E-state index contributed by atoms with van der Waals surface area (Å²) < 4.78 is 1.71. The molecule has 3 N–H and O–H groups in total. The number of nitrogens with two attached hydrogens (primary N) is 1. The SMILES string of the molecule is CN1CCN(c2ccc(Nc3ncc4c(n3)-c3c(c(C(N)=O)nn3C)C(C)(C)C4)cc2)CC1. The Kier molecular flexibility index (Phi) is 5.08. The van der Waals surface area contributed by atoms with Gasteiger partial charge in [0.05, 0.1) is 11.4 Å². The summed E-state index contributed by atoms with van der Waals surface area (Å²) in [6.45, 7) is 8.41. The van der Waals surface area contributed by atoms with E-state index in [2.05, 4.69) is 70.4 Å². The van der Waals surface area contributed by atoms with Crippen molar-refractivity contribution in [3.8, 4) is 11.4 Å². The lowest BCUT2D eigenvalue weighted by Gasteiger charge is -2.34. The van der Waals surface area contributed by atoms with Gasteiger partial charge in [0.25, 0.3) is 5.91 Å². The first-order valence-electron chi connectivity index (χ1n) is 11.3. The maximum atomic E-state index is 12.0. The molecule has 0 unspecified atom stereocenters. The minimum atomic E-state index is -0.517. The Morgan fingerprint density at radius 3 is 2.45 bits per heavy atom. The van der Waals surface area contributed by atoms with Gasteiger partial charge in [0.15, 0.2) is 5.69 Å². The average molecular weight is 447 g/mol. The van der Waals surface area contributed by atoms with Crippen molar-refractivity contribution in [1.82, 2.24) is 24.6 Å². The first kappa shape index (κ1) is 21.4. The van der Waals surface area contributed by atoms with Crippen molar-refractivity contribution < 1.29 is 4.79 Å². The first-order valence-corrected chi connectivity index (χ1v) is 11.3. The number of rotatable bonds is 4. The number of anilines is 3. The largest absolute Gasteiger partial charge is 0.369 e. The summed E-state index contributed by atoms with van der Waals surface area (Å²) in [6.07, 6.45) is 2.58. The highest BCUT2D eigenvalue weighted by atomic mass is 16.1. The van der Waals surface area contributed by atoms with Crippen LogP contribution in [-0.4, -0.2) is 63.8 Å². The van der Waals surface area contributed by atoms with Crippen LogP contribution in [0.5, 0.6) is 0 Å². The van der Waals surface area contributed by atoms with Crippen molar-refractivity contribution in [2.24, 2.45) is 12.8 Å². The molecule has 0 saturated carbocycles. The Hall–Kier alpha value is -3.46. The van der Waals surface area contributed by atoms with Crippen LogP contribution in [0.1, 0.15) is 35.5 Å². The molecule has 9 nitrogen and oxygen atoms in total. The molecule has 9 heteroatoms. The fraction of sp³-hybridized carbons (Fsp3) is 0.417. The molecular formula is C24H30N8O. The number of aryl methyl sites for hydroxylation is 1. The highest BCUT2D eigenvalue weighted by Gasteiger charge is 2.39. The van der Waals surface area contributed by atoms with E-state index in [4.69, 9.17) is 10.7 Å². The highest BCUT2D eigenvalue weighted by molar-refractivity contribution is 5.95. The molecule has 172 valence electrons. The minimum Gasteiger partial charge on any atom is -0.369 e. The van der Waals surface area contributed by atoms with E-state index in [1.807, 2.05) is 13.2 Å². The van der Waals surface area contributed by atoms with Crippen LogP contribution < -0.4 is 16.0 Å². The third kappa shape index (κ3) is 3.82. The Morgan fingerprint density at radius 2 is 1.79 bits per heavy atom. The molecule has 2 aliphatic rings. The number of nitrogens with one attached hydrogen (secondary N) is 1. The number of carbonyl (C=O) groups is 1. The number of piperazine rings is 1. The third-order valence-corrected chi connectivity index (χ3v) is 6.67. The molecule has 1 aliphatic heterocycles. The van der Waals surface area contributed by atoms with Crippen molar-refractivity contribution in [1.29, 1.82) is 0 Å². The second kappa shape index (κ2) is 7.84. The van der Waals surface area contributed by atoms with Gasteiger partial charge in [0, 0.05) is 56.4 Å². The molecule has 0 atom stereocenters. The second-order valence-corrected chi connectivity index (χ2v) is 9.65. The first-order chi connectivity index (χ1) is 15.7. The van der Waals surface area contributed by atoms with Crippen LogP contribution in [0.25, 0.3) is 11.4 Å². The van der Waals surface area contributed by atoms with Crippen molar-refractivity contribution >= 4 is 23.2 Å². The number of amides is 1. The van der Waals surface area contributed by atoms with Crippen LogP contribution in [0.3, 0.4) is 0 Å². The van der Waals surface area contributed by atoms with Crippen LogP contribution in [0.2, 0.25) is 0 Å². The average Bonchev–Trinajstić information content (AvgIpc) is 3.14. The van der Waals surface area contributed by atoms with Gasteiger partial charge >= 0.3 is 0 Å². The molecule has 1 aromatic carbocycles. The summed E-state index contributed by atoms with van der Waals surface area (Å²) in [5.74, 6) is -0.00945. The van der Waals surface area contributed by atoms with Crippen LogP contribution >= 0.6 is 0 Å². The van der Waals surface area contributed by atoms with Crippen LogP contribution in [0, 0.1) is 0 Å². The van der Waals surface area contributed by atoms with E-state index in [0.29, 0.717) is 18.1 Å². The topological polar surface area (TPSA) is 105 Å². The Labute approximate surface area is 193 Å². The number of hydrogen-bond donors (Lipinski definition) is 2. The van der Waals surface area contributed by atoms with E-state index < -0.39 is 5.91 Å². The predicted octanol–water partition coefficient (Wildman–Crippen LogP) is 2.31. The number of benzene rings is 1. The molecule has 5 rings (SSSR count). The van der Waals surface area contributed by atoms with Crippen molar-refractivity contribution in [2.75, 3.05) is 43.4 Å². The molecule has 2 aromatic heterocycles. The molecule has 3 aromatic rings. The summed E-state index contributed by atoms with van der Waals surface area (Å²) in [4.78, 5) is 26.2. The molecular weight excluding hydrogens is 416 g/mol. The molecule has 0 radical (unpaired) electrons. The standard InChI is InChI=1S/C24H30N8O/c1-24(2)13-15-14-26-23(28-19(15)21-18(24)20(22(25)33)29-31(21)4)27-16-5-7-17(8-6-16)32-11-9-30(3)10-12-32/h5-8,14H,9-13H2,1-4H3,(H2,25,33)(H,26,27,28). The second-order valence-electron chi connectivity index (χ2n) is 9.65. The Morgan fingerprint density at radius 1 is 1.09 bits per heavy atom. The molecule has 33 heavy (non-hydrogen) atoms. The fourth-order valence-corrected chi connectivity index (χ4v) is 4.92. The number of aromatic nitrogens is 4. The van der Waals surface area contributed by atoms with Gasteiger partial charge in [-0.1, -0.05) is 13.8 Å². The van der Waals surface area contributed by atoms with Crippen molar-refractivity contribution in [3.05, 3.63) is 47.3 Å². The monoisotopic (exact) mass is 446 g/mol. The van der Waals surface area contributed by atoms with Gasteiger partial charge in [0.2, 0.25) is 5.95 Å². The smallest absolute Gasteiger partial charge is 0.269 e. The normalized spacial score (nSPS) is 17.4. The van der Waals surface area contributed by atoms with E-state index in [9.17, 15) is 4.79 Å². The summed E-state index contributed by atoms with van der Waals surface area (Å²) in [6, 6.07) is 8.38. The van der Waals surface area contributed by atoms with Crippen LogP contribution in [0.15, 0.2) is 30.5 Å². The number of fused-ring (bicyclic) bond motifs is 3. The minimum absolute atomic E-state index is 0.293. The van der Waals surface area contributed by atoms with E-state index >= 15 is 0 Å². The molecule has 1 saturated heterocycles. The summed E-state index contributed by atoms with van der Waals surface area (Å²) in [5.41, 5.74) is 11.3. The Balaban J connectivity index is 1.43. The third-order valence-electron chi connectivity index (χ3n) is 6.67. The van der Waals surface area contributed by atoms with E-state index in [1.54, 1.807) is 4.68 Å². The van der Waals surface area contributed by atoms with Gasteiger partial charge in [-0.25, -0.2) is 9.97 Å². The van der Waals surface area contributed by atoms with Gasteiger partial charge in [0.1, 0.15) is 0 Å². The summed E-state index contributed by atoms with van der Waals surface area (Å²) in [7, 11) is 3.98. The number of likely N-dealkylation sites (N-methyl/N-ethyl adjacent to an activating group) is 1. The quantitative estimate of drug-likeness (QED) is 0.634.